The summed E-state index contributed by atoms with van der Waals surface area (Å²) >= 11 is 0. The second kappa shape index (κ2) is 11.3. The van der Waals surface area contributed by atoms with Crippen LogP contribution >= 0.6 is 0 Å². The number of aliphatic carboxylic acids is 2. The summed E-state index contributed by atoms with van der Waals surface area (Å²) in [6.45, 7) is 0. The monoisotopic (exact) mass is 598 g/mol. The van der Waals surface area contributed by atoms with Gasteiger partial charge < -0.3 is 29.7 Å². The number of hydrogen-bond donors (Lipinski definition) is 4. The molecule has 13 heteroatoms. The summed E-state index contributed by atoms with van der Waals surface area (Å²) in [6.07, 6.45) is -0.361. The van der Waals surface area contributed by atoms with Crippen LogP contribution in [0.4, 0.5) is 25.0 Å². The quantitative estimate of drug-likeness (QED) is 0.153. The average Bonchev–Trinajstić information content (AvgIpc) is 3.58. The second-order valence-corrected chi connectivity index (χ2v) is 9.75. The lowest BCUT2D eigenvalue weighted by molar-refractivity contribution is -0.137. The van der Waals surface area contributed by atoms with Gasteiger partial charge in [0.25, 0.3) is 0 Å². The van der Waals surface area contributed by atoms with Crippen LogP contribution in [-0.2, 0) is 22.4 Å². The zero-order valence-corrected chi connectivity index (χ0v) is 22.4. The van der Waals surface area contributed by atoms with Gasteiger partial charge >= 0.3 is 18.0 Å². The highest BCUT2D eigenvalue weighted by Gasteiger charge is 2.16. The number of amides is 2. The lowest BCUT2D eigenvalue weighted by Crippen LogP contribution is -2.20. The predicted octanol–water partition coefficient (Wildman–Crippen LogP) is 6.48. The van der Waals surface area contributed by atoms with Crippen molar-refractivity contribution in [2.24, 2.45) is 0 Å². The minimum Gasteiger partial charge on any atom is -0.481 e. The molecule has 4 N–H and O–H groups in total. The summed E-state index contributed by atoms with van der Waals surface area (Å²) in [4.78, 5) is 43.1. The van der Waals surface area contributed by atoms with Crippen molar-refractivity contribution in [1.82, 2.24) is 9.97 Å². The van der Waals surface area contributed by atoms with E-state index in [1.165, 1.54) is 24.3 Å². The summed E-state index contributed by atoms with van der Waals surface area (Å²) in [7, 11) is 0. The first-order valence-electron chi connectivity index (χ1n) is 13.0. The molecule has 6 aromatic rings. The Bertz CT molecular complexity index is 1960. The van der Waals surface area contributed by atoms with E-state index in [0.717, 1.165) is 12.1 Å². The zero-order valence-electron chi connectivity index (χ0n) is 22.4. The van der Waals surface area contributed by atoms with Gasteiger partial charge in [0.15, 0.2) is 11.2 Å². The first-order valence-corrected chi connectivity index (χ1v) is 13.0. The minimum absolute atomic E-state index is 0.101. The number of urea groups is 1. The van der Waals surface area contributed by atoms with Gasteiger partial charge in [-0.25, -0.2) is 23.5 Å². The van der Waals surface area contributed by atoms with Crippen LogP contribution in [0.3, 0.4) is 0 Å². The fourth-order valence-electron chi connectivity index (χ4n) is 4.54. The van der Waals surface area contributed by atoms with Crippen molar-refractivity contribution in [3.63, 3.8) is 0 Å². The number of nitrogens with one attached hydrogen (secondary N) is 2. The van der Waals surface area contributed by atoms with E-state index in [9.17, 15) is 23.2 Å². The maximum atomic E-state index is 14.9. The third-order valence-electron chi connectivity index (χ3n) is 6.54. The molecule has 0 atom stereocenters. The molecule has 0 saturated heterocycles. The molecule has 0 aliphatic carbocycles. The molecule has 0 radical (unpaired) electrons. The number of carboxylic acid groups (broad SMARTS) is 2. The second-order valence-electron chi connectivity index (χ2n) is 9.75. The van der Waals surface area contributed by atoms with E-state index in [1.54, 1.807) is 36.4 Å². The number of carboxylic acids is 2. The largest absolute Gasteiger partial charge is 0.481 e. The Morgan fingerprint density at radius 1 is 0.636 bits per heavy atom. The first kappa shape index (κ1) is 28.0. The van der Waals surface area contributed by atoms with Crippen LogP contribution in [0.15, 0.2) is 81.6 Å². The number of hydrogen-bond acceptors (Lipinski definition) is 7. The summed E-state index contributed by atoms with van der Waals surface area (Å²) in [5.41, 5.74) is 2.87. The standard InChI is InChI=1S/C31H20F2N4O7/c32-19-13-17(29-34-23-9-15(11-27(38)39)1-7-25(23)43-29)3-5-21(19)36-31(42)37-22-6-4-18(14-20(22)33)30-35-24-10-16(12-28(40)41)2-8-26(24)44-30/h1-10,13-14H,11-12H2,(H,38,39)(H,40,41)(H2,36,37,42). The Balaban J connectivity index is 1.13. The maximum Gasteiger partial charge on any atom is 0.323 e. The van der Waals surface area contributed by atoms with Gasteiger partial charge in [-0.1, -0.05) is 12.1 Å². The third-order valence-corrected chi connectivity index (χ3v) is 6.54. The molecule has 0 bridgehead atoms. The molecule has 4 aromatic carbocycles. The number of nitrogens with zero attached hydrogens (tertiary/aromatic N) is 2. The SMILES string of the molecule is O=C(O)Cc1ccc2oc(-c3ccc(NC(=O)Nc4ccc(-c5nc6cc(CC(=O)O)ccc6o5)cc4F)c(F)c3)nc2c1. The van der Waals surface area contributed by atoms with Crippen molar-refractivity contribution in [2.45, 2.75) is 12.8 Å². The molecule has 11 nitrogen and oxygen atoms in total. The number of oxazole rings is 2. The lowest BCUT2D eigenvalue weighted by atomic mass is 10.1. The Morgan fingerprint density at radius 2 is 1.07 bits per heavy atom. The highest BCUT2D eigenvalue weighted by Crippen LogP contribution is 2.30. The average molecular weight is 599 g/mol. The molecule has 0 unspecified atom stereocenters. The summed E-state index contributed by atoms with van der Waals surface area (Å²) in [6, 6.07) is 16.4. The van der Waals surface area contributed by atoms with Crippen molar-refractivity contribution in [1.29, 1.82) is 0 Å². The Kier molecular flexibility index (Phi) is 7.19. The van der Waals surface area contributed by atoms with E-state index in [4.69, 9.17) is 19.0 Å². The number of carbonyl (C=O) groups is 3. The number of fused-ring (bicyclic) bond motifs is 2. The molecule has 220 valence electrons. The lowest BCUT2D eigenvalue weighted by Gasteiger charge is -2.10. The van der Waals surface area contributed by atoms with Crippen molar-refractivity contribution in [3.8, 4) is 22.9 Å². The molecule has 0 spiro atoms. The fraction of sp³-hybridized carbons (Fsp3) is 0.0645. The van der Waals surface area contributed by atoms with E-state index in [0.29, 0.717) is 33.3 Å². The first-order chi connectivity index (χ1) is 21.1. The van der Waals surface area contributed by atoms with E-state index >= 15 is 0 Å². The van der Waals surface area contributed by atoms with Crippen LogP contribution < -0.4 is 10.6 Å². The molecular formula is C31H20F2N4O7. The predicted molar refractivity (Wildman–Crippen MR) is 154 cm³/mol. The van der Waals surface area contributed by atoms with Crippen LogP contribution in [0.5, 0.6) is 0 Å². The van der Waals surface area contributed by atoms with Crippen LogP contribution in [0.2, 0.25) is 0 Å². The van der Waals surface area contributed by atoms with E-state index < -0.39 is 29.6 Å². The molecule has 0 aliphatic heterocycles. The van der Waals surface area contributed by atoms with Crippen molar-refractivity contribution >= 4 is 51.5 Å². The zero-order chi connectivity index (χ0) is 31.0. The number of anilines is 2. The van der Waals surface area contributed by atoms with Gasteiger partial charge in [-0.3, -0.25) is 9.59 Å². The number of halogens is 2. The minimum atomic E-state index is -0.988. The Labute approximate surface area is 245 Å². The van der Waals surface area contributed by atoms with E-state index in [2.05, 4.69) is 20.6 Å². The molecule has 44 heavy (non-hydrogen) atoms. The van der Waals surface area contributed by atoms with E-state index in [1.807, 2.05) is 0 Å². The van der Waals surface area contributed by atoms with Gasteiger partial charge in [-0.2, -0.15) is 0 Å². The smallest absolute Gasteiger partial charge is 0.323 e. The van der Waals surface area contributed by atoms with Gasteiger partial charge in [0.2, 0.25) is 11.8 Å². The van der Waals surface area contributed by atoms with Gasteiger partial charge in [0, 0.05) is 11.1 Å². The number of aromatic nitrogens is 2. The van der Waals surface area contributed by atoms with Gasteiger partial charge in [-0.15, -0.1) is 0 Å². The molecule has 0 aliphatic rings. The Morgan fingerprint density at radius 3 is 1.45 bits per heavy atom. The molecule has 0 fully saturated rings. The molecule has 6 rings (SSSR count). The fourth-order valence-corrected chi connectivity index (χ4v) is 4.54. The van der Waals surface area contributed by atoms with Crippen LogP contribution in [0, 0.1) is 11.6 Å². The van der Waals surface area contributed by atoms with Gasteiger partial charge in [-0.05, 0) is 71.8 Å². The van der Waals surface area contributed by atoms with Crippen LogP contribution in [0.25, 0.3) is 45.1 Å². The molecule has 2 amide bonds. The summed E-state index contributed by atoms with van der Waals surface area (Å²) in [5, 5.41) is 22.6. The van der Waals surface area contributed by atoms with Crippen molar-refractivity contribution < 1.29 is 42.2 Å². The van der Waals surface area contributed by atoms with Crippen molar-refractivity contribution in [2.75, 3.05) is 10.6 Å². The topological polar surface area (TPSA) is 168 Å². The van der Waals surface area contributed by atoms with Gasteiger partial charge in [0.05, 0.1) is 24.2 Å². The van der Waals surface area contributed by atoms with Crippen LogP contribution in [0.1, 0.15) is 11.1 Å². The molecule has 2 heterocycles. The number of benzene rings is 4. The van der Waals surface area contributed by atoms with E-state index in [-0.39, 0.29) is 47.1 Å². The number of carbonyl (C=O) groups excluding carboxylic acids is 1. The molecule has 2 aromatic heterocycles. The maximum absolute atomic E-state index is 14.9. The highest BCUT2D eigenvalue weighted by atomic mass is 19.1. The van der Waals surface area contributed by atoms with Crippen LogP contribution in [-0.4, -0.2) is 38.2 Å². The highest BCUT2D eigenvalue weighted by molar-refractivity contribution is 6.00. The third kappa shape index (κ3) is 5.92. The Hall–Kier alpha value is -6.11. The normalized spacial score (nSPS) is 11.1. The van der Waals surface area contributed by atoms with Gasteiger partial charge in [0.1, 0.15) is 22.7 Å². The molecule has 0 saturated carbocycles. The van der Waals surface area contributed by atoms with Crippen molar-refractivity contribution in [3.05, 3.63) is 95.6 Å². The summed E-state index contributed by atoms with van der Waals surface area (Å²) in [5.74, 6) is -3.38. The summed E-state index contributed by atoms with van der Waals surface area (Å²) < 4.78 is 41.1. The number of rotatable bonds is 8. The molecular weight excluding hydrogens is 578 g/mol.